The quantitative estimate of drug-likeness (QED) is 0.631. The Hall–Kier alpha value is -1.42. The molecule has 0 aliphatic carbocycles. The van der Waals surface area contributed by atoms with Gasteiger partial charge in [-0.2, -0.15) is 14.8 Å². The van der Waals surface area contributed by atoms with Gasteiger partial charge < -0.3 is 5.11 Å². The van der Waals surface area contributed by atoms with Crippen LogP contribution < -0.4 is 0 Å². The number of aromatic nitrogens is 3. The highest BCUT2D eigenvalue weighted by Crippen LogP contribution is 2.00. The summed E-state index contributed by atoms with van der Waals surface area (Å²) in [4.78, 5) is 0. The van der Waals surface area contributed by atoms with Gasteiger partial charge in [-0.05, 0) is 18.2 Å². The van der Waals surface area contributed by atoms with Gasteiger partial charge in [0, 0.05) is 0 Å². The van der Waals surface area contributed by atoms with Gasteiger partial charge >= 0.3 is 0 Å². The van der Waals surface area contributed by atoms with Gasteiger partial charge in [0.1, 0.15) is 0 Å². The van der Waals surface area contributed by atoms with Crippen LogP contribution in [0.2, 0.25) is 0 Å². The molecule has 1 N–H and O–H groups in total. The summed E-state index contributed by atoms with van der Waals surface area (Å²) < 4.78 is 1.49. The van der Waals surface area contributed by atoms with Crippen molar-refractivity contribution in [2.75, 3.05) is 0 Å². The monoisotopic (exact) mass is 149 g/mol. The molecule has 2 aromatic rings. The van der Waals surface area contributed by atoms with E-state index in [1.807, 2.05) is 12.1 Å². The van der Waals surface area contributed by atoms with Crippen LogP contribution in [0.3, 0.4) is 0 Å². The lowest BCUT2D eigenvalue weighted by atomic mass is 10.4. The van der Waals surface area contributed by atoms with Crippen molar-refractivity contribution in [2.24, 2.45) is 0 Å². The maximum absolute atomic E-state index is 8.73. The Morgan fingerprint density at radius 1 is 1.36 bits per heavy atom. The van der Waals surface area contributed by atoms with Gasteiger partial charge in [-0.1, -0.05) is 0 Å². The molecule has 0 bridgehead atoms. The molecule has 11 heavy (non-hydrogen) atoms. The van der Waals surface area contributed by atoms with Crippen molar-refractivity contribution in [3.05, 3.63) is 30.1 Å². The van der Waals surface area contributed by atoms with Gasteiger partial charge in [-0.15, -0.1) is 0 Å². The minimum atomic E-state index is -0.0458. The molecule has 4 nitrogen and oxygen atoms in total. The highest BCUT2D eigenvalue weighted by Gasteiger charge is 1.95. The number of nitrogens with zero attached hydrogens (tertiary/aromatic N) is 3. The summed E-state index contributed by atoms with van der Waals surface area (Å²) in [5.41, 5.74) is 1.56. The van der Waals surface area contributed by atoms with Gasteiger partial charge in [-0.3, -0.25) is 0 Å². The zero-order valence-electron chi connectivity index (χ0n) is 5.81. The van der Waals surface area contributed by atoms with Crippen LogP contribution in [0.1, 0.15) is 5.69 Å². The van der Waals surface area contributed by atoms with Crippen molar-refractivity contribution in [3.63, 3.8) is 0 Å². The van der Waals surface area contributed by atoms with Gasteiger partial charge in [-0.25, -0.2) is 0 Å². The van der Waals surface area contributed by atoms with E-state index < -0.39 is 0 Å². The Morgan fingerprint density at radius 2 is 2.27 bits per heavy atom. The van der Waals surface area contributed by atoms with E-state index in [9.17, 15) is 0 Å². The van der Waals surface area contributed by atoms with E-state index in [-0.39, 0.29) is 6.61 Å². The second-order valence-corrected chi connectivity index (χ2v) is 2.23. The third-order valence-electron chi connectivity index (χ3n) is 1.48. The molecule has 2 aromatic heterocycles. The van der Waals surface area contributed by atoms with Gasteiger partial charge in [0.15, 0.2) is 0 Å². The Kier molecular flexibility index (Phi) is 1.33. The molecule has 2 rings (SSSR count). The van der Waals surface area contributed by atoms with E-state index in [0.29, 0.717) is 5.69 Å². The summed E-state index contributed by atoms with van der Waals surface area (Å²) in [6.45, 7) is -0.0458. The summed E-state index contributed by atoms with van der Waals surface area (Å²) in [6, 6.07) is 5.50. The van der Waals surface area contributed by atoms with Crippen LogP contribution in [0.25, 0.3) is 5.52 Å². The van der Waals surface area contributed by atoms with E-state index in [4.69, 9.17) is 5.11 Å². The second kappa shape index (κ2) is 2.32. The number of aliphatic hydroxyl groups is 1. The Bertz CT molecular complexity index is 368. The molecule has 0 saturated heterocycles. The predicted molar refractivity (Wildman–Crippen MR) is 38.9 cm³/mol. The highest BCUT2D eigenvalue weighted by molar-refractivity contribution is 5.43. The Labute approximate surface area is 63.1 Å². The molecule has 0 atom stereocenters. The van der Waals surface area contributed by atoms with E-state index in [2.05, 4.69) is 10.2 Å². The molecule has 0 amide bonds. The van der Waals surface area contributed by atoms with Gasteiger partial charge in [0.25, 0.3) is 0 Å². The summed E-state index contributed by atoms with van der Waals surface area (Å²) in [7, 11) is 0. The standard InChI is InChI=1S/C7H7N3O/c11-5-6-1-2-7-3-4-8-10(7)9-6/h1-4,11H,5H2. The summed E-state index contributed by atoms with van der Waals surface area (Å²) in [6.07, 6.45) is 1.67. The largest absolute Gasteiger partial charge is 0.390 e. The van der Waals surface area contributed by atoms with Gasteiger partial charge in [0.2, 0.25) is 0 Å². The molecule has 0 radical (unpaired) electrons. The number of hydrogen-bond acceptors (Lipinski definition) is 3. The molecule has 56 valence electrons. The van der Waals surface area contributed by atoms with E-state index in [1.165, 1.54) is 4.63 Å². The number of rotatable bonds is 1. The average molecular weight is 149 g/mol. The maximum Gasteiger partial charge on any atom is 0.0885 e. The Morgan fingerprint density at radius 3 is 3.09 bits per heavy atom. The van der Waals surface area contributed by atoms with E-state index in [1.54, 1.807) is 12.3 Å². The molecule has 0 aromatic carbocycles. The lowest BCUT2D eigenvalue weighted by molar-refractivity contribution is 0.274. The first kappa shape index (κ1) is 6.30. The second-order valence-electron chi connectivity index (χ2n) is 2.23. The lowest BCUT2D eigenvalue weighted by Crippen LogP contribution is -1.97. The van der Waals surface area contributed by atoms with Crippen molar-refractivity contribution >= 4 is 5.52 Å². The normalized spacial score (nSPS) is 10.6. The van der Waals surface area contributed by atoms with Crippen molar-refractivity contribution in [2.45, 2.75) is 6.61 Å². The highest BCUT2D eigenvalue weighted by atomic mass is 16.3. The molecule has 0 spiro atoms. The zero-order chi connectivity index (χ0) is 7.68. The molecule has 2 heterocycles. The topological polar surface area (TPSA) is 50.4 Å². The van der Waals surface area contributed by atoms with Crippen molar-refractivity contribution in [1.29, 1.82) is 0 Å². The summed E-state index contributed by atoms with van der Waals surface area (Å²) in [5.74, 6) is 0. The third kappa shape index (κ3) is 0.969. The van der Waals surface area contributed by atoms with E-state index in [0.717, 1.165) is 5.52 Å². The van der Waals surface area contributed by atoms with Crippen LogP contribution in [0, 0.1) is 0 Å². The fourth-order valence-electron chi connectivity index (χ4n) is 0.933. The molecule has 0 fully saturated rings. The molecule has 4 heteroatoms. The van der Waals surface area contributed by atoms with Crippen LogP contribution in [0.15, 0.2) is 24.4 Å². The first-order chi connectivity index (χ1) is 5.40. The molecule has 0 aliphatic rings. The average Bonchev–Trinajstić information content (AvgIpc) is 2.50. The Balaban J connectivity index is 2.67. The lowest BCUT2D eigenvalue weighted by Gasteiger charge is -1.94. The van der Waals surface area contributed by atoms with Gasteiger partial charge in [0.05, 0.1) is 24.0 Å². The van der Waals surface area contributed by atoms with E-state index >= 15 is 0 Å². The summed E-state index contributed by atoms with van der Waals surface area (Å²) in [5, 5.41) is 16.7. The first-order valence-electron chi connectivity index (χ1n) is 3.31. The van der Waals surface area contributed by atoms with Crippen LogP contribution in [0.4, 0.5) is 0 Å². The third-order valence-corrected chi connectivity index (χ3v) is 1.48. The van der Waals surface area contributed by atoms with Crippen molar-refractivity contribution in [3.8, 4) is 0 Å². The molecule has 0 unspecified atom stereocenters. The number of fused-ring (bicyclic) bond motifs is 1. The first-order valence-corrected chi connectivity index (χ1v) is 3.31. The fourth-order valence-corrected chi connectivity index (χ4v) is 0.933. The van der Waals surface area contributed by atoms with Crippen molar-refractivity contribution < 1.29 is 5.11 Å². The number of aliphatic hydroxyl groups excluding tert-OH is 1. The minimum absolute atomic E-state index is 0.0458. The number of hydrogen-bond donors (Lipinski definition) is 1. The predicted octanol–water partition coefficient (Wildman–Crippen LogP) is 0.222. The fraction of sp³-hybridized carbons (Fsp3) is 0.143. The van der Waals surface area contributed by atoms with Crippen molar-refractivity contribution in [1.82, 2.24) is 14.8 Å². The molecule has 0 aliphatic heterocycles. The minimum Gasteiger partial charge on any atom is -0.390 e. The van der Waals surface area contributed by atoms with Crippen LogP contribution in [-0.2, 0) is 6.61 Å². The maximum atomic E-state index is 8.73. The van der Waals surface area contributed by atoms with Crippen LogP contribution in [-0.4, -0.2) is 19.9 Å². The summed E-state index contributed by atoms with van der Waals surface area (Å²) >= 11 is 0. The van der Waals surface area contributed by atoms with Crippen LogP contribution in [0.5, 0.6) is 0 Å². The smallest absolute Gasteiger partial charge is 0.0885 e. The zero-order valence-corrected chi connectivity index (χ0v) is 5.81. The molecular formula is C7H7N3O. The molecular weight excluding hydrogens is 142 g/mol. The van der Waals surface area contributed by atoms with Crippen LogP contribution >= 0.6 is 0 Å². The SMILES string of the molecule is OCc1ccc2ccnn2n1. The molecule has 0 saturated carbocycles.